The van der Waals surface area contributed by atoms with Gasteiger partial charge in [-0.15, -0.1) is 0 Å². The highest BCUT2D eigenvalue weighted by Gasteiger charge is 2.49. The van der Waals surface area contributed by atoms with Gasteiger partial charge in [0.1, 0.15) is 30.1 Å². The number of phenolic OH excluding ortho intramolecular Hbond substituents is 1. The third-order valence-corrected chi connectivity index (χ3v) is 10.00. The summed E-state index contributed by atoms with van der Waals surface area (Å²) in [6.45, 7) is -0.246. The van der Waals surface area contributed by atoms with E-state index in [-0.39, 0.29) is 43.4 Å². The summed E-state index contributed by atoms with van der Waals surface area (Å²) in [6.07, 6.45) is 1.84. The number of benzene rings is 2. The molecule has 3 aromatic rings. The summed E-state index contributed by atoms with van der Waals surface area (Å²) in [5, 5.41) is 15.8. The number of hydrogen-bond donors (Lipinski definition) is 2. The molecule has 5 aliphatic rings. The molecule has 2 bridgehead atoms. The first kappa shape index (κ1) is 23.2. The Hall–Kier alpha value is -3.24. The number of ether oxygens (including phenoxy) is 1. The van der Waals surface area contributed by atoms with Gasteiger partial charge in [0.25, 0.3) is 0 Å². The maximum absolute atomic E-state index is 15.0. The van der Waals surface area contributed by atoms with Crippen LogP contribution in [0.25, 0.3) is 10.8 Å². The second-order valence-electron chi connectivity index (χ2n) is 12.7. The second-order valence-corrected chi connectivity index (χ2v) is 12.7. The fourth-order valence-electron chi connectivity index (χ4n) is 8.00. The largest absolute Gasteiger partial charge is 0.508 e. The highest BCUT2D eigenvalue weighted by atomic mass is 19.1. The van der Waals surface area contributed by atoms with Crippen molar-refractivity contribution in [3.63, 3.8) is 0 Å². The van der Waals surface area contributed by atoms with Crippen LogP contribution in [0.5, 0.6) is 11.8 Å². The van der Waals surface area contributed by atoms with Gasteiger partial charge in [-0.3, -0.25) is 4.90 Å². The molecule has 6 heterocycles. The Labute approximate surface area is 256 Å². The molecular weight excluding hydrogens is 550 g/mol. The van der Waals surface area contributed by atoms with Gasteiger partial charge in [0.15, 0.2) is 0 Å². The zero-order valence-corrected chi connectivity index (χ0v) is 24.4. The molecule has 2 N–H and O–H groups in total. The van der Waals surface area contributed by atoms with E-state index in [9.17, 15) is 9.50 Å². The number of aromatic nitrogens is 2. The number of anilines is 2. The molecule has 2 aromatic carbocycles. The highest BCUT2D eigenvalue weighted by molar-refractivity contribution is 5.98. The third kappa shape index (κ3) is 4.68. The number of phenols is 1. The van der Waals surface area contributed by atoms with Gasteiger partial charge in [-0.1, -0.05) is 13.0 Å². The van der Waals surface area contributed by atoms with E-state index in [0.29, 0.717) is 60.8 Å². The monoisotopic (exact) mass is 594 g/mol. The maximum atomic E-state index is 15.0. The van der Waals surface area contributed by atoms with Crippen molar-refractivity contribution in [3.05, 3.63) is 46.9 Å². The maximum Gasteiger partial charge on any atom is 0.318 e. The van der Waals surface area contributed by atoms with E-state index >= 15 is 4.39 Å². The molecule has 4 saturated heterocycles. The van der Waals surface area contributed by atoms with Crippen molar-refractivity contribution >= 4 is 22.3 Å². The van der Waals surface area contributed by atoms with Gasteiger partial charge in [-0.05, 0) is 68.1 Å². The molecule has 8 nitrogen and oxygen atoms in total. The van der Waals surface area contributed by atoms with E-state index in [1.165, 1.54) is 11.0 Å². The number of rotatable bonds is 6. The van der Waals surface area contributed by atoms with Gasteiger partial charge in [0.05, 0.1) is 20.5 Å². The van der Waals surface area contributed by atoms with Crippen LogP contribution >= 0.6 is 0 Å². The van der Waals surface area contributed by atoms with Crippen molar-refractivity contribution < 1.29 is 24.1 Å². The van der Waals surface area contributed by atoms with E-state index < -0.39 is 24.8 Å². The molecule has 0 radical (unpaired) electrons. The highest BCUT2D eigenvalue weighted by Crippen LogP contribution is 2.42. The van der Waals surface area contributed by atoms with Crippen LogP contribution in [0.3, 0.4) is 0 Å². The summed E-state index contributed by atoms with van der Waals surface area (Å²) < 4.78 is 71.1. The Morgan fingerprint density at radius 3 is 2.84 bits per heavy atom. The Morgan fingerprint density at radius 2 is 2.02 bits per heavy atom. The number of halogens is 2. The minimum absolute atomic E-state index is 0.0758. The first-order valence-corrected chi connectivity index (χ1v) is 15.6. The number of alkyl halides is 1. The first-order valence-electron chi connectivity index (χ1n) is 17.6. The lowest BCUT2D eigenvalue weighted by Crippen LogP contribution is -2.52. The SMILES string of the molecule is [2H]C1([2H])CC[C@@]2(C([2H])([2H])Oc3nc4c(c(N5C[C@H]6CC[C@@H](C5)N6)n3)CCN(c3cc(O)cc5ccc(F)c(CC)c35)C4)C[C@@H](F)CN12. The van der Waals surface area contributed by atoms with E-state index in [1.807, 2.05) is 6.92 Å². The molecule has 4 fully saturated rings. The van der Waals surface area contributed by atoms with Crippen molar-refractivity contribution in [2.75, 3.05) is 49.0 Å². The van der Waals surface area contributed by atoms with Crippen LogP contribution < -0.4 is 19.9 Å². The van der Waals surface area contributed by atoms with Crippen LogP contribution in [0.2, 0.25) is 0 Å². The van der Waals surface area contributed by atoms with Crippen LogP contribution in [0.4, 0.5) is 20.3 Å². The van der Waals surface area contributed by atoms with Crippen molar-refractivity contribution in [2.45, 2.75) is 82.2 Å². The van der Waals surface area contributed by atoms with Gasteiger partial charge < -0.3 is 25.0 Å². The quantitative estimate of drug-likeness (QED) is 0.433. The summed E-state index contributed by atoms with van der Waals surface area (Å²) >= 11 is 0. The summed E-state index contributed by atoms with van der Waals surface area (Å²) in [7, 11) is 0. The minimum Gasteiger partial charge on any atom is -0.508 e. The fourth-order valence-corrected chi connectivity index (χ4v) is 8.00. The Balaban J connectivity index is 1.20. The molecule has 0 spiro atoms. The first-order chi connectivity index (χ1) is 22.4. The normalized spacial score (nSPS) is 31.4. The smallest absolute Gasteiger partial charge is 0.318 e. The molecule has 0 aliphatic carbocycles. The fraction of sp³-hybridized carbons (Fsp3) is 0.576. The number of hydrogen-bond acceptors (Lipinski definition) is 8. The van der Waals surface area contributed by atoms with Crippen molar-refractivity contribution in [1.29, 1.82) is 0 Å². The lowest BCUT2D eigenvalue weighted by molar-refractivity contribution is 0.107. The Kier molecular flexibility index (Phi) is 5.63. The topological polar surface area (TPSA) is 77.0 Å². The number of nitrogens with one attached hydrogen (secondary N) is 1. The van der Waals surface area contributed by atoms with Crippen molar-refractivity contribution in [1.82, 2.24) is 20.2 Å². The lowest BCUT2D eigenvalue weighted by Gasteiger charge is -2.38. The van der Waals surface area contributed by atoms with Gasteiger partial charge in [-0.25, -0.2) is 8.78 Å². The molecule has 8 rings (SSSR count). The summed E-state index contributed by atoms with van der Waals surface area (Å²) in [4.78, 5) is 15.2. The van der Waals surface area contributed by atoms with Crippen LogP contribution in [0, 0.1) is 5.82 Å². The van der Waals surface area contributed by atoms with Gasteiger partial charge in [0, 0.05) is 70.1 Å². The minimum atomic E-state index is -2.48. The van der Waals surface area contributed by atoms with E-state index in [4.69, 9.17) is 20.2 Å². The number of fused-ring (bicyclic) bond motifs is 5. The van der Waals surface area contributed by atoms with Crippen molar-refractivity contribution in [3.8, 4) is 11.8 Å². The standard InChI is InChI=1S/C33H40F2N6O2/c1-2-25-27(35)7-4-20-12-24(42)13-29(30(20)25)39-11-8-26-28(18-39)37-32(38-31(26)40-16-22-5-6-23(17-40)36-22)43-19-33-9-3-10-41(33)15-21(34)14-33/h4,7,12-13,21-23,36,42H,2-3,5-6,8-11,14-19H2,1H3/t21-,22-,23+,33+/m1/s1/i10D2,19D2. The predicted molar refractivity (Wildman–Crippen MR) is 162 cm³/mol. The molecular formula is C33H40F2N6O2. The van der Waals surface area contributed by atoms with Crippen LogP contribution in [0.15, 0.2) is 24.3 Å². The molecule has 0 amide bonds. The average Bonchev–Trinajstić information content (AvgIpc) is 3.65. The van der Waals surface area contributed by atoms with Gasteiger partial charge >= 0.3 is 6.01 Å². The summed E-state index contributed by atoms with van der Waals surface area (Å²) in [6, 6.07) is 6.89. The van der Waals surface area contributed by atoms with Gasteiger partial charge in [-0.2, -0.15) is 9.97 Å². The Bertz CT molecular complexity index is 1740. The van der Waals surface area contributed by atoms with Crippen LogP contribution in [0.1, 0.15) is 61.3 Å². The lowest BCUT2D eigenvalue weighted by atomic mass is 9.95. The molecule has 5 aliphatic heterocycles. The second kappa shape index (κ2) is 10.4. The number of nitrogens with zero attached hydrogens (tertiary/aromatic N) is 5. The molecule has 4 atom stereocenters. The third-order valence-electron chi connectivity index (χ3n) is 10.00. The number of piperazine rings is 1. The molecule has 0 unspecified atom stereocenters. The zero-order valence-electron chi connectivity index (χ0n) is 28.4. The number of aryl methyl sites for hydroxylation is 1. The molecule has 10 heteroatoms. The van der Waals surface area contributed by atoms with Crippen LogP contribution in [-0.2, 0) is 19.4 Å². The zero-order chi connectivity index (χ0) is 32.9. The molecule has 228 valence electrons. The number of aromatic hydroxyl groups is 1. The van der Waals surface area contributed by atoms with Crippen LogP contribution in [-0.4, -0.2) is 83.0 Å². The van der Waals surface area contributed by atoms with Crippen molar-refractivity contribution in [2.24, 2.45) is 0 Å². The molecule has 0 saturated carbocycles. The summed E-state index contributed by atoms with van der Waals surface area (Å²) in [5.41, 5.74) is 1.38. The molecule has 43 heavy (non-hydrogen) atoms. The average molecular weight is 595 g/mol. The van der Waals surface area contributed by atoms with E-state index in [0.717, 1.165) is 42.3 Å². The summed E-state index contributed by atoms with van der Waals surface area (Å²) in [5.74, 6) is 0.477. The van der Waals surface area contributed by atoms with E-state index in [1.54, 1.807) is 18.2 Å². The molecule has 1 aromatic heterocycles. The predicted octanol–water partition coefficient (Wildman–Crippen LogP) is 4.50. The van der Waals surface area contributed by atoms with Gasteiger partial charge in [0.2, 0.25) is 0 Å². The van der Waals surface area contributed by atoms with E-state index in [2.05, 4.69) is 15.1 Å². The Morgan fingerprint density at radius 1 is 1.19 bits per heavy atom.